The van der Waals surface area contributed by atoms with Gasteiger partial charge in [-0.3, -0.25) is 0 Å². The van der Waals surface area contributed by atoms with E-state index >= 15 is 0 Å². The number of aromatic nitrogens is 1. The van der Waals surface area contributed by atoms with Crippen molar-refractivity contribution in [3.8, 4) is 6.07 Å². The molecular weight excluding hydrogens is 196 g/mol. The van der Waals surface area contributed by atoms with Gasteiger partial charge in [0.1, 0.15) is 0 Å². The molecule has 0 saturated heterocycles. The van der Waals surface area contributed by atoms with Gasteiger partial charge in [-0.15, -0.1) is 0 Å². The van der Waals surface area contributed by atoms with Crippen LogP contribution in [-0.2, 0) is 12.8 Å². The Morgan fingerprint density at radius 3 is 2.81 bits per heavy atom. The molecule has 1 aromatic carbocycles. The van der Waals surface area contributed by atoms with Crippen molar-refractivity contribution >= 4 is 10.9 Å². The van der Waals surface area contributed by atoms with Gasteiger partial charge >= 0.3 is 0 Å². The molecule has 1 aliphatic carbocycles. The molecule has 82 valence electrons. The van der Waals surface area contributed by atoms with Crippen molar-refractivity contribution in [2.45, 2.75) is 33.1 Å². The summed E-state index contributed by atoms with van der Waals surface area (Å²) in [4.78, 5) is 3.42. The van der Waals surface area contributed by atoms with E-state index in [-0.39, 0.29) is 0 Å². The smallest absolute Gasteiger partial charge is 0.0991 e. The van der Waals surface area contributed by atoms with E-state index in [0.717, 1.165) is 18.4 Å². The number of aryl methyl sites for hydroxylation is 2. The number of nitriles is 1. The van der Waals surface area contributed by atoms with Crippen LogP contribution in [0.2, 0.25) is 0 Å². The van der Waals surface area contributed by atoms with Crippen LogP contribution in [0.15, 0.2) is 18.2 Å². The van der Waals surface area contributed by atoms with Gasteiger partial charge < -0.3 is 4.98 Å². The van der Waals surface area contributed by atoms with Gasteiger partial charge in [0.15, 0.2) is 0 Å². The highest BCUT2D eigenvalue weighted by Gasteiger charge is 2.16. The Hall–Kier alpha value is -1.75. The van der Waals surface area contributed by atoms with Gasteiger partial charge in [0.25, 0.3) is 0 Å². The minimum Gasteiger partial charge on any atom is -0.358 e. The van der Waals surface area contributed by atoms with Crippen molar-refractivity contribution in [1.82, 2.24) is 4.98 Å². The Kier molecular flexibility index (Phi) is 2.96. The molecule has 0 bridgehead atoms. The van der Waals surface area contributed by atoms with Crippen LogP contribution in [0.4, 0.5) is 0 Å². The Bertz CT molecular complexity index is 544. The number of benzene rings is 1. The van der Waals surface area contributed by atoms with Crippen molar-refractivity contribution in [2.24, 2.45) is 0 Å². The number of nitrogens with one attached hydrogen (secondary N) is 1. The summed E-state index contributed by atoms with van der Waals surface area (Å²) in [6, 6.07) is 8.06. The zero-order chi connectivity index (χ0) is 11.5. The molecular formula is C14H16N2. The monoisotopic (exact) mass is 212 g/mol. The molecule has 16 heavy (non-hydrogen) atoms. The topological polar surface area (TPSA) is 39.6 Å². The zero-order valence-electron chi connectivity index (χ0n) is 9.80. The van der Waals surface area contributed by atoms with Gasteiger partial charge in [-0.25, -0.2) is 0 Å². The van der Waals surface area contributed by atoms with Gasteiger partial charge in [-0.1, -0.05) is 13.8 Å². The number of fused-ring (bicyclic) bond motifs is 3. The Morgan fingerprint density at radius 2 is 2.06 bits per heavy atom. The number of rotatable bonds is 0. The van der Waals surface area contributed by atoms with E-state index in [1.165, 1.54) is 28.6 Å². The molecule has 2 heteroatoms. The first-order chi connectivity index (χ1) is 7.88. The van der Waals surface area contributed by atoms with Gasteiger partial charge in [0, 0.05) is 16.6 Å². The molecule has 1 N–H and O–H groups in total. The maximum Gasteiger partial charge on any atom is 0.0991 e. The van der Waals surface area contributed by atoms with E-state index < -0.39 is 0 Å². The summed E-state index contributed by atoms with van der Waals surface area (Å²) >= 11 is 0. The molecule has 0 fully saturated rings. The number of H-pyrrole nitrogens is 1. The lowest BCUT2D eigenvalue weighted by molar-refractivity contribution is 0.899. The third-order valence-corrected chi connectivity index (χ3v) is 2.98. The lowest BCUT2D eigenvalue weighted by atomic mass is 10.1. The van der Waals surface area contributed by atoms with Crippen molar-refractivity contribution in [2.75, 3.05) is 0 Å². The molecule has 0 atom stereocenters. The van der Waals surface area contributed by atoms with Gasteiger partial charge in [-0.2, -0.15) is 5.26 Å². The van der Waals surface area contributed by atoms with Crippen molar-refractivity contribution in [3.63, 3.8) is 0 Å². The van der Waals surface area contributed by atoms with Crippen molar-refractivity contribution in [1.29, 1.82) is 5.26 Å². The van der Waals surface area contributed by atoms with Crippen molar-refractivity contribution in [3.05, 3.63) is 35.0 Å². The van der Waals surface area contributed by atoms with Gasteiger partial charge in [0.05, 0.1) is 11.6 Å². The summed E-state index contributed by atoms with van der Waals surface area (Å²) < 4.78 is 0. The number of hydrogen-bond acceptors (Lipinski definition) is 1. The third-order valence-electron chi connectivity index (χ3n) is 2.98. The van der Waals surface area contributed by atoms with E-state index in [1.54, 1.807) is 0 Å². The maximum absolute atomic E-state index is 8.82. The summed E-state index contributed by atoms with van der Waals surface area (Å²) in [6.07, 6.45) is 3.56. The van der Waals surface area contributed by atoms with Crippen LogP contribution < -0.4 is 0 Å². The summed E-state index contributed by atoms with van der Waals surface area (Å²) in [5.41, 5.74) is 4.73. The minimum atomic E-state index is 0.756. The molecule has 1 aromatic heterocycles. The first-order valence-corrected chi connectivity index (χ1v) is 5.92. The molecule has 0 spiro atoms. The van der Waals surface area contributed by atoms with Crippen molar-refractivity contribution < 1.29 is 0 Å². The average Bonchev–Trinajstić information content (AvgIpc) is 2.91. The van der Waals surface area contributed by atoms with E-state index in [9.17, 15) is 0 Å². The SMILES string of the molecule is CC.N#Cc1ccc2[nH]c3c(c2c1)CCC3. The lowest BCUT2D eigenvalue weighted by Crippen LogP contribution is -1.78. The summed E-state index contributed by atoms with van der Waals surface area (Å²) in [7, 11) is 0. The third kappa shape index (κ3) is 1.59. The Labute approximate surface area is 95.9 Å². The molecule has 0 amide bonds. The first kappa shape index (κ1) is 10.8. The predicted molar refractivity (Wildman–Crippen MR) is 66.4 cm³/mol. The maximum atomic E-state index is 8.82. The standard InChI is InChI=1S/C12H10N2.C2H6/c13-7-8-4-5-12-10(6-8)9-2-1-3-11(9)14-12;1-2/h4-6,14H,1-3H2;1-2H3. The molecule has 0 radical (unpaired) electrons. The molecule has 2 aromatic rings. The number of aromatic amines is 1. The molecule has 2 nitrogen and oxygen atoms in total. The Balaban J connectivity index is 0.000000457. The first-order valence-electron chi connectivity index (χ1n) is 5.92. The van der Waals surface area contributed by atoms with E-state index in [0.29, 0.717) is 0 Å². The van der Waals surface area contributed by atoms with Gasteiger partial charge in [-0.05, 0) is 43.0 Å². The fourth-order valence-corrected chi connectivity index (χ4v) is 2.31. The lowest BCUT2D eigenvalue weighted by Gasteiger charge is -1.93. The molecule has 3 rings (SSSR count). The highest BCUT2D eigenvalue weighted by atomic mass is 14.7. The zero-order valence-corrected chi connectivity index (χ0v) is 9.80. The van der Waals surface area contributed by atoms with Crippen LogP contribution in [0.5, 0.6) is 0 Å². The summed E-state index contributed by atoms with van der Waals surface area (Å²) in [6.45, 7) is 4.00. The molecule has 0 aliphatic heterocycles. The molecule has 1 heterocycles. The summed E-state index contributed by atoms with van der Waals surface area (Å²) in [5.74, 6) is 0. The average molecular weight is 212 g/mol. The highest BCUT2D eigenvalue weighted by Crippen LogP contribution is 2.30. The van der Waals surface area contributed by atoms with Crippen LogP contribution in [0.25, 0.3) is 10.9 Å². The van der Waals surface area contributed by atoms with E-state index in [4.69, 9.17) is 5.26 Å². The predicted octanol–water partition coefficient (Wildman–Crippen LogP) is 3.55. The second-order valence-corrected chi connectivity index (χ2v) is 3.81. The van der Waals surface area contributed by atoms with Crippen LogP contribution in [0.3, 0.4) is 0 Å². The highest BCUT2D eigenvalue weighted by molar-refractivity contribution is 5.86. The largest absolute Gasteiger partial charge is 0.358 e. The van der Waals surface area contributed by atoms with Crippen LogP contribution in [0.1, 0.15) is 37.1 Å². The molecule has 1 aliphatic rings. The fourth-order valence-electron chi connectivity index (χ4n) is 2.31. The fraction of sp³-hybridized carbons (Fsp3) is 0.357. The van der Waals surface area contributed by atoms with Crippen LogP contribution >= 0.6 is 0 Å². The van der Waals surface area contributed by atoms with Gasteiger partial charge in [0.2, 0.25) is 0 Å². The molecule has 0 saturated carbocycles. The van der Waals surface area contributed by atoms with E-state index in [2.05, 4.69) is 11.1 Å². The minimum absolute atomic E-state index is 0.756. The van der Waals surface area contributed by atoms with E-state index in [1.807, 2.05) is 32.0 Å². The second kappa shape index (κ2) is 4.40. The molecule has 0 unspecified atom stereocenters. The normalized spacial score (nSPS) is 12.8. The number of hydrogen-bond donors (Lipinski definition) is 1. The quantitative estimate of drug-likeness (QED) is 0.712. The second-order valence-electron chi connectivity index (χ2n) is 3.81. The Morgan fingerprint density at radius 1 is 1.25 bits per heavy atom. The van der Waals surface area contributed by atoms with Crippen LogP contribution in [0, 0.1) is 11.3 Å². The van der Waals surface area contributed by atoms with Crippen LogP contribution in [-0.4, -0.2) is 4.98 Å². The summed E-state index contributed by atoms with van der Waals surface area (Å²) in [5, 5.41) is 10.1. The number of nitrogens with zero attached hydrogens (tertiary/aromatic N) is 1.